The first-order chi connectivity index (χ1) is 5.84. The Morgan fingerprint density at radius 3 is 2.38 bits per heavy atom. The summed E-state index contributed by atoms with van der Waals surface area (Å²) in [7, 11) is 0. The average Bonchev–Trinajstić information content (AvgIpc) is 2.28. The fourth-order valence-electron chi connectivity index (χ4n) is 1.16. The van der Waals surface area contributed by atoms with Gasteiger partial charge in [-0.3, -0.25) is 4.79 Å². The van der Waals surface area contributed by atoms with E-state index in [2.05, 4.69) is 0 Å². The zero-order valence-electron chi connectivity index (χ0n) is 8.46. The van der Waals surface area contributed by atoms with E-state index in [9.17, 15) is 9.59 Å². The first kappa shape index (κ1) is 10.0. The second-order valence-corrected chi connectivity index (χ2v) is 4.35. The van der Waals surface area contributed by atoms with Crippen LogP contribution in [-0.2, 0) is 9.53 Å². The van der Waals surface area contributed by atoms with Gasteiger partial charge < -0.3 is 4.74 Å². The number of hydrogen-bond donors (Lipinski definition) is 0. The van der Waals surface area contributed by atoms with Crippen molar-refractivity contribution >= 4 is 12.0 Å². The molecule has 0 spiro atoms. The van der Waals surface area contributed by atoms with Crippen LogP contribution in [-0.4, -0.2) is 29.5 Å². The summed E-state index contributed by atoms with van der Waals surface area (Å²) in [5.41, 5.74) is -0.530. The molecule has 0 bridgehead atoms. The predicted molar refractivity (Wildman–Crippen MR) is 47.1 cm³/mol. The number of amides is 2. The zero-order chi connectivity index (χ0) is 10.2. The number of carbonyl (C=O) groups is 2. The summed E-state index contributed by atoms with van der Waals surface area (Å²) < 4.78 is 4.76. The summed E-state index contributed by atoms with van der Waals surface area (Å²) in [6.07, 6.45) is -0.521. The topological polar surface area (TPSA) is 46.6 Å². The van der Waals surface area contributed by atoms with Gasteiger partial charge >= 0.3 is 6.09 Å². The summed E-state index contributed by atoms with van der Waals surface area (Å²) in [4.78, 5) is 24.1. The molecule has 1 atom stereocenters. The van der Waals surface area contributed by atoms with Crippen LogP contribution in [0.15, 0.2) is 0 Å². The van der Waals surface area contributed by atoms with Crippen LogP contribution in [0, 0.1) is 5.41 Å². The molecule has 1 heterocycles. The molecule has 0 aliphatic carbocycles. The molecule has 1 fully saturated rings. The van der Waals surface area contributed by atoms with Crippen LogP contribution in [0.25, 0.3) is 0 Å². The summed E-state index contributed by atoms with van der Waals surface area (Å²) in [5, 5.41) is 0. The van der Waals surface area contributed by atoms with Crippen molar-refractivity contribution in [2.24, 2.45) is 5.41 Å². The van der Waals surface area contributed by atoms with Crippen LogP contribution >= 0.6 is 0 Å². The second-order valence-electron chi connectivity index (χ2n) is 4.35. The molecule has 1 aliphatic heterocycles. The van der Waals surface area contributed by atoms with Crippen LogP contribution in [0.5, 0.6) is 0 Å². The molecule has 1 aliphatic rings. The number of hydrogen-bond acceptors (Lipinski definition) is 3. The molecule has 1 saturated heterocycles. The summed E-state index contributed by atoms with van der Waals surface area (Å²) in [6, 6.07) is -0.140. The molecular formula is C9H15NO3. The molecule has 74 valence electrons. The van der Waals surface area contributed by atoms with E-state index in [-0.39, 0.29) is 11.9 Å². The molecule has 0 aromatic heterocycles. The van der Waals surface area contributed by atoms with Gasteiger partial charge in [-0.1, -0.05) is 20.8 Å². The monoisotopic (exact) mass is 185 g/mol. The Hall–Kier alpha value is -1.06. The number of imide groups is 1. The number of carbonyl (C=O) groups excluding carboxylic acids is 2. The smallest absolute Gasteiger partial charge is 0.416 e. The Bertz CT molecular complexity index is 242. The zero-order valence-corrected chi connectivity index (χ0v) is 8.46. The molecule has 1 rings (SSSR count). The number of nitrogens with zero attached hydrogens (tertiary/aromatic N) is 1. The van der Waals surface area contributed by atoms with Gasteiger partial charge in [0, 0.05) is 5.41 Å². The lowest BCUT2D eigenvalue weighted by atomic mass is 9.94. The third-order valence-electron chi connectivity index (χ3n) is 1.95. The maximum Gasteiger partial charge on any atom is 0.416 e. The molecule has 0 radical (unpaired) electrons. The minimum absolute atomic E-state index is 0.140. The third kappa shape index (κ3) is 1.82. The van der Waals surface area contributed by atoms with E-state index in [4.69, 9.17) is 4.74 Å². The SMILES string of the molecule is C[C@H]1COC(=O)N1C(=O)C(C)(C)C. The lowest BCUT2D eigenvalue weighted by Crippen LogP contribution is -2.43. The van der Waals surface area contributed by atoms with E-state index in [0.717, 1.165) is 0 Å². The normalized spacial score (nSPS) is 23.2. The fraction of sp³-hybridized carbons (Fsp3) is 0.778. The van der Waals surface area contributed by atoms with Gasteiger partial charge in [-0.2, -0.15) is 0 Å². The maximum absolute atomic E-state index is 11.7. The van der Waals surface area contributed by atoms with Gasteiger partial charge in [-0.25, -0.2) is 9.69 Å². The van der Waals surface area contributed by atoms with Gasteiger partial charge in [0.2, 0.25) is 5.91 Å². The Morgan fingerprint density at radius 1 is 1.54 bits per heavy atom. The van der Waals surface area contributed by atoms with E-state index in [0.29, 0.717) is 6.61 Å². The van der Waals surface area contributed by atoms with Crippen LogP contribution in [0.3, 0.4) is 0 Å². The van der Waals surface area contributed by atoms with E-state index in [1.54, 1.807) is 27.7 Å². The molecule has 4 nitrogen and oxygen atoms in total. The van der Waals surface area contributed by atoms with Crippen molar-refractivity contribution in [3.8, 4) is 0 Å². The van der Waals surface area contributed by atoms with Gasteiger partial charge in [0.25, 0.3) is 0 Å². The van der Waals surface area contributed by atoms with E-state index < -0.39 is 11.5 Å². The van der Waals surface area contributed by atoms with Gasteiger partial charge in [-0.15, -0.1) is 0 Å². The molecule has 0 aromatic carbocycles. The highest BCUT2D eigenvalue weighted by Gasteiger charge is 2.39. The highest BCUT2D eigenvalue weighted by Crippen LogP contribution is 2.22. The lowest BCUT2D eigenvalue weighted by molar-refractivity contribution is -0.137. The van der Waals surface area contributed by atoms with Crippen LogP contribution in [0.4, 0.5) is 4.79 Å². The molecule has 0 saturated carbocycles. The highest BCUT2D eigenvalue weighted by atomic mass is 16.6. The number of ether oxygens (including phenoxy) is 1. The van der Waals surface area contributed by atoms with Gasteiger partial charge in [0.15, 0.2) is 0 Å². The fourth-order valence-corrected chi connectivity index (χ4v) is 1.16. The Kier molecular flexibility index (Phi) is 2.32. The quantitative estimate of drug-likeness (QED) is 0.573. The summed E-state index contributed by atoms with van der Waals surface area (Å²) in [5.74, 6) is -0.178. The molecule has 0 N–H and O–H groups in total. The van der Waals surface area contributed by atoms with Crippen molar-refractivity contribution < 1.29 is 14.3 Å². The predicted octanol–water partition coefficient (Wildman–Crippen LogP) is 1.40. The largest absolute Gasteiger partial charge is 0.447 e. The molecule has 0 unspecified atom stereocenters. The van der Waals surface area contributed by atoms with E-state index in [1.165, 1.54) is 4.90 Å². The first-order valence-electron chi connectivity index (χ1n) is 4.34. The van der Waals surface area contributed by atoms with Gasteiger partial charge in [0.1, 0.15) is 6.61 Å². The maximum atomic E-state index is 11.7. The average molecular weight is 185 g/mol. The molecular weight excluding hydrogens is 170 g/mol. The van der Waals surface area contributed by atoms with Crippen LogP contribution in [0.1, 0.15) is 27.7 Å². The van der Waals surface area contributed by atoms with Crippen molar-refractivity contribution in [3.05, 3.63) is 0 Å². The molecule has 2 amide bonds. The molecule has 13 heavy (non-hydrogen) atoms. The van der Waals surface area contributed by atoms with Gasteiger partial charge in [0.05, 0.1) is 6.04 Å². The Morgan fingerprint density at radius 2 is 2.08 bits per heavy atom. The van der Waals surface area contributed by atoms with Crippen molar-refractivity contribution in [1.82, 2.24) is 4.90 Å². The second kappa shape index (κ2) is 3.01. The number of cyclic esters (lactones) is 1. The Balaban J connectivity index is 2.82. The van der Waals surface area contributed by atoms with Crippen LogP contribution in [0.2, 0.25) is 0 Å². The van der Waals surface area contributed by atoms with Gasteiger partial charge in [-0.05, 0) is 6.92 Å². The third-order valence-corrected chi connectivity index (χ3v) is 1.95. The lowest BCUT2D eigenvalue weighted by Gasteiger charge is -2.24. The minimum atomic E-state index is -0.530. The standard InChI is InChI=1S/C9H15NO3/c1-6-5-13-8(12)10(6)7(11)9(2,3)4/h6H,5H2,1-4H3/t6-/m0/s1. The summed E-state index contributed by atoms with van der Waals surface area (Å²) in [6.45, 7) is 7.46. The van der Waals surface area contributed by atoms with E-state index >= 15 is 0 Å². The van der Waals surface area contributed by atoms with Crippen LogP contribution < -0.4 is 0 Å². The van der Waals surface area contributed by atoms with Crippen molar-refractivity contribution in [3.63, 3.8) is 0 Å². The highest BCUT2D eigenvalue weighted by molar-refractivity contribution is 5.96. The first-order valence-corrected chi connectivity index (χ1v) is 4.34. The van der Waals surface area contributed by atoms with E-state index in [1.807, 2.05) is 0 Å². The number of rotatable bonds is 0. The molecule has 4 heteroatoms. The summed E-state index contributed by atoms with van der Waals surface area (Å²) >= 11 is 0. The van der Waals surface area contributed by atoms with Crippen molar-refractivity contribution in [2.75, 3.05) is 6.61 Å². The Labute approximate surface area is 77.8 Å². The minimum Gasteiger partial charge on any atom is -0.447 e. The van der Waals surface area contributed by atoms with Crippen molar-refractivity contribution in [2.45, 2.75) is 33.7 Å². The molecule has 0 aromatic rings. The van der Waals surface area contributed by atoms with Crippen molar-refractivity contribution in [1.29, 1.82) is 0 Å².